The first-order valence-corrected chi connectivity index (χ1v) is 5.66. The number of piperazine rings is 1. The molecule has 2 heterocycles. The minimum absolute atomic E-state index is 0.510. The number of rotatable bonds is 2. The Kier molecular flexibility index (Phi) is 3.75. The summed E-state index contributed by atoms with van der Waals surface area (Å²) in [7, 11) is 0. The van der Waals surface area contributed by atoms with Crippen LogP contribution in [0, 0.1) is 0 Å². The van der Waals surface area contributed by atoms with Crippen LogP contribution in [-0.2, 0) is 4.74 Å². The van der Waals surface area contributed by atoms with Crippen molar-refractivity contribution in [1.29, 1.82) is 0 Å². The smallest absolute Gasteiger partial charge is 0.0621 e. The van der Waals surface area contributed by atoms with Gasteiger partial charge in [0.15, 0.2) is 0 Å². The van der Waals surface area contributed by atoms with E-state index in [1.807, 2.05) is 0 Å². The van der Waals surface area contributed by atoms with E-state index in [9.17, 15) is 0 Å². The molecule has 14 heavy (non-hydrogen) atoms. The second kappa shape index (κ2) is 5.07. The SMILES string of the molecule is NCC1CNCCN1C1CCCOC1. The van der Waals surface area contributed by atoms with Crippen molar-refractivity contribution in [2.45, 2.75) is 24.9 Å². The van der Waals surface area contributed by atoms with Gasteiger partial charge in [0.1, 0.15) is 0 Å². The van der Waals surface area contributed by atoms with Crippen LogP contribution in [0.3, 0.4) is 0 Å². The highest BCUT2D eigenvalue weighted by Gasteiger charge is 2.28. The van der Waals surface area contributed by atoms with Crippen molar-refractivity contribution < 1.29 is 4.74 Å². The van der Waals surface area contributed by atoms with Crippen molar-refractivity contribution in [1.82, 2.24) is 10.2 Å². The summed E-state index contributed by atoms with van der Waals surface area (Å²) in [6.45, 7) is 5.84. The van der Waals surface area contributed by atoms with Gasteiger partial charge in [0.25, 0.3) is 0 Å². The van der Waals surface area contributed by atoms with Crippen LogP contribution in [0.4, 0.5) is 0 Å². The van der Waals surface area contributed by atoms with Gasteiger partial charge in [0, 0.05) is 44.9 Å². The van der Waals surface area contributed by atoms with Gasteiger partial charge in [-0.25, -0.2) is 0 Å². The molecule has 2 rings (SSSR count). The fourth-order valence-corrected chi connectivity index (χ4v) is 2.46. The maximum Gasteiger partial charge on any atom is 0.0621 e. The molecule has 2 unspecified atom stereocenters. The second-order valence-corrected chi connectivity index (χ2v) is 4.20. The monoisotopic (exact) mass is 199 g/mol. The average molecular weight is 199 g/mol. The standard InChI is InChI=1S/C10H21N3O/c11-6-10-7-12-3-4-13(10)9-2-1-5-14-8-9/h9-10,12H,1-8,11H2. The lowest BCUT2D eigenvalue weighted by Gasteiger charge is -2.42. The summed E-state index contributed by atoms with van der Waals surface area (Å²) < 4.78 is 5.53. The number of nitrogens with one attached hydrogen (secondary N) is 1. The van der Waals surface area contributed by atoms with E-state index in [1.165, 1.54) is 12.8 Å². The normalized spacial score (nSPS) is 35.8. The minimum atomic E-state index is 0.510. The third-order valence-electron chi connectivity index (χ3n) is 3.27. The van der Waals surface area contributed by atoms with Gasteiger partial charge in [0.05, 0.1) is 6.61 Å². The van der Waals surface area contributed by atoms with Gasteiger partial charge in [-0.15, -0.1) is 0 Å². The Morgan fingerprint density at radius 1 is 1.50 bits per heavy atom. The molecule has 2 atom stereocenters. The highest BCUT2D eigenvalue weighted by molar-refractivity contribution is 4.86. The van der Waals surface area contributed by atoms with Crippen molar-refractivity contribution in [2.75, 3.05) is 39.4 Å². The van der Waals surface area contributed by atoms with Crippen molar-refractivity contribution in [3.05, 3.63) is 0 Å². The molecule has 0 aliphatic carbocycles. The molecule has 0 bridgehead atoms. The lowest BCUT2D eigenvalue weighted by molar-refractivity contribution is -0.00545. The van der Waals surface area contributed by atoms with Crippen LogP contribution in [0.2, 0.25) is 0 Å². The third-order valence-corrected chi connectivity index (χ3v) is 3.27. The Balaban J connectivity index is 1.91. The first kappa shape index (κ1) is 10.4. The minimum Gasteiger partial charge on any atom is -0.380 e. The highest BCUT2D eigenvalue weighted by Crippen LogP contribution is 2.16. The van der Waals surface area contributed by atoms with E-state index in [1.54, 1.807) is 0 Å². The molecule has 0 spiro atoms. The summed E-state index contributed by atoms with van der Waals surface area (Å²) in [5, 5.41) is 3.39. The van der Waals surface area contributed by atoms with Crippen molar-refractivity contribution in [2.24, 2.45) is 5.73 Å². The Morgan fingerprint density at radius 3 is 3.14 bits per heavy atom. The zero-order chi connectivity index (χ0) is 9.80. The van der Waals surface area contributed by atoms with Crippen LogP contribution >= 0.6 is 0 Å². The number of ether oxygens (including phenoxy) is 1. The molecule has 0 radical (unpaired) electrons. The highest BCUT2D eigenvalue weighted by atomic mass is 16.5. The van der Waals surface area contributed by atoms with Crippen LogP contribution in [-0.4, -0.2) is 56.4 Å². The lowest BCUT2D eigenvalue weighted by Crippen LogP contribution is -2.59. The summed E-state index contributed by atoms with van der Waals surface area (Å²) in [6, 6.07) is 1.12. The van der Waals surface area contributed by atoms with Crippen LogP contribution < -0.4 is 11.1 Å². The van der Waals surface area contributed by atoms with Crippen molar-refractivity contribution >= 4 is 0 Å². The van der Waals surface area contributed by atoms with Crippen LogP contribution in [0.5, 0.6) is 0 Å². The maximum absolute atomic E-state index is 5.78. The third kappa shape index (κ3) is 2.25. The molecule has 0 aromatic rings. The molecule has 2 aliphatic heterocycles. The van der Waals surface area contributed by atoms with E-state index in [2.05, 4.69) is 10.2 Å². The molecule has 4 nitrogen and oxygen atoms in total. The van der Waals surface area contributed by atoms with Gasteiger partial charge < -0.3 is 15.8 Å². The lowest BCUT2D eigenvalue weighted by atomic mass is 10.0. The molecule has 2 aliphatic rings. The number of hydrogen-bond acceptors (Lipinski definition) is 4. The fourth-order valence-electron chi connectivity index (χ4n) is 2.46. The van der Waals surface area contributed by atoms with Crippen LogP contribution in [0.15, 0.2) is 0 Å². The predicted molar refractivity (Wildman–Crippen MR) is 56.3 cm³/mol. The van der Waals surface area contributed by atoms with E-state index < -0.39 is 0 Å². The summed E-state index contributed by atoms with van der Waals surface area (Å²) in [4.78, 5) is 2.54. The molecule has 82 valence electrons. The maximum atomic E-state index is 5.78. The number of nitrogens with zero attached hydrogens (tertiary/aromatic N) is 1. The molecule has 4 heteroatoms. The van der Waals surface area contributed by atoms with Gasteiger partial charge in [-0.2, -0.15) is 0 Å². The molecule has 0 aromatic heterocycles. The molecule has 3 N–H and O–H groups in total. The zero-order valence-electron chi connectivity index (χ0n) is 8.74. The first-order valence-electron chi connectivity index (χ1n) is 5.66. The van der Waals surface area contributed by atoms with Gasteiger partial charge >= 0.3 is 0 Å². The molecular formula is C10H21N3O. The Bertz CT molecular complexity index is 171. The molecule has 0 saturated carbocycles. The fraction of sp³-hybridized carbons (Fsp3) is 1.00. The van der Waals surface area contributed by atoms with Crippen LogP contribution in [0.1, 0.15) is 12.8 Å². The largest absolute Gasteiger partial charge is 0.380 e. The summed E-state index contributed by atoms with van der Waals surface area (Å²) in [5.41, 5.74) is 5.78. The van der Waals surface area contributed by atoms with Gasteiger partial charge in [-0.05, 0) is 12.8 Å². The van der Waals surface area contributed by atoms with E-state index in [0.29, 0.717) is 12.1 Å². The molecule has 0 amide bonds. The van der Waals surface area contributed by atoms with E-state index >= 15 is 0 Å². The Hall–Kier alpha value is -0.160. The second-order valence-electron chi connectivity index (χ2n) is 4.20. The number of nitrogens with two attached hydrogens (primary N) is 1. The van der Waals surface area contributed by atoms with Gasteiger partial charge in [-0.3, -0.25) is 4.90 Å². The average Bonchev–Trinajstić information content (AvgIpc) is 2.30. The van der Waals surface area contributed by atoms with Crippen molar-refractivity contribution in [3.8, 4) is 0 Å². The van der Waals surface area contributed by atoms with Crippen LogP contribution in [0.25, 0.3) is 0 Å². The molecule has 0 aromatic carbocycles. The summed E-state index contributed by atoms with van der Waals surface area (Å²) >= 11 is 0. The topological polar surface area (TPSA) is 50.5 Å². The Labute approximate surface area is 85.8 Å². The van der Waals surface area contributed by atoms with Crippen molar-refractivity contribution in [3.63, 3.8) is 0 Å². The van der Waals surface area contributed by atoms with E-state index in [-0.39, 0.29) is 0 Å². The Morgan fingerprint density at radius 2 is 2.43 bits per heavy atom. The summed E-state index contributed by atoms with van der Waals surface area (Å²) in [6.07, 6.45) is 2.47. The van der Waals surface area contributed by atoms with E-state index in [4.69, 9.17) is 10.5 Å². The predicted octanol–water partition coefficient (Wildman–Crippen LogP) is -0.602. The first-order chi connectivity index (χ1) is 6.92. The van der Waals surface area contributed by atoms with Gasteiger partial charge in [0.2, 0.25) is 0 Å². The zero-order valence-corrected chi connectivity index (χ0v) is 8.74. The van der Waals surface area contributed by atoms with E-state index in [0.717, 1.165) is 39.4 Å². The summed E-state index contributed by atoms with van der Waals surface area (Å²) in [5.74, 6) is 0. The molecule has 2 saturated heterocycles. The molecule has 2 fully saturated rings. The molecular weight excluding hydrogens is 178 g/mol. The number of hydrogen-bond donors (Lipinski definition) is 2. The quantitative estimate of drug-likeness (QED) is 0.623. The van der Waals surface area contributed by atoms with Gasteiger partial charge in [-0.1, -0.05) is 0 Å².